The van der Waals surface area contributed by atoms with Crippen LogP contribution in [0.4, 0.5) is 0 Å². The minimum atomic E-state index is -1.64. The number of rotatable bonds is 2. The van der Waals surface area contributed by atoms with E-state index in [2.05, 4.69) is 92.8 Å². The summed E-state index contributed by atoms with van der Waals surface area (Å²) in [5, 5.41) is 0. The van der Waals surface area contributed by atoms with Crippen molar-refractivity contribution in [1.82, 2.24) is 0 Å². The monoisotopic (exact) mass is 488 g/mol. The maximum absolute atomic E-state index is 2.68. The zero-order valence-corrected chi connectivity index (χ0v) is 23.2. The summed E-state index contributed by atoms with van der Waals surface area (Å²) in [6.07, 6.45) is 10.4. The van der Waals surface area contributed by atoms with Gasteiger partial charge in [0, 0.05) is 0 Å². The first-order valence-corrected chi connectivity index (χ1v) is 18.3. The van der Waals surface area contributed by atoms with Crippen LogP contribution in [0.5, 0.6) is 0 Å². The van der Waals surface area contributed by atoms with Crippen molar-refractivity contribution < 1.29 is 45.2 Å². The fourth-order valence-electron chi connectivity index (χ4n) is 3.81. The van der Waals surface area contributed by atoms with Crippen LogP contribution in [-0.4, -0.2) is 5.43 Å². The summed E-state index contributed by atoms with van der Waals surface area (Å²) in [7, 11) is 0. The van der Waals surface area contributed by atoms with E-state index in [4.69, 9.17) is 0 Å². The molecule has 0 aromatic rings. The average Bonchev–Trinajstić information content (AvgIpc) is 2.94. The molecule has 0 heterocycles. The van der Waals surface area contributed by atoms with E-state index in [1.807, 2.05) is 0 Å². The molecular formula is C22H36Cl2SiZr. The van der Waals surface area contributed by atoms with E-state index in [1.165, 1.54) is 0 Å². The molecule has 0 spiro atoms. The summed E-state index contributed by atoms with van der Waals surface area (Å²) < 4.78 is 1.63. The number of hydrogen-bond acceptors (Lipinski definition) is 0. The minimum absolute atomic E-state index is 0. The first-order valence-electron chi connectivity index (χ1n) is 9.30. The zero-order valence-electron chi connectivity index (χ0n) is 18.2. The Hall–Kier alpha value is 0.640. The van der Waals surface area contributed by atoms with Gasteiger partial charge in [-0.2, -0.15) is 0 Å². The molecule has 2 unspecified atom stereocenters. The normalized spacial score (nSPS) is 22.2. The van der Waals surface area contributed by atoms with Crippen LogP contribution in [0.1, 0.15) is 55.4 Å². The minimum Gasteiger partial charge on any atom is -1.00 e. The fourth-order valence-corrected chi connectivity index (χ4v) is 23.4. The van der Waals surface area contributed by atoms with Crippen molar-refractivity contribution in [1.29, 1.82) is 0 Å². The maximum atomic E-state index is 2.68. The van der Waals surface area contributed by atoms with Gasteiger partial charge in [0.25, 0.3) is 0 Å². The third kappa shape index (κ3) is 5.82. The molecule has 0 saturated carbocycles. The van der Waals surface area contributed by atoms with Crippen molar-refractivity contribution in [2.45, 2.75) is 75.7 Å². The Bertz CT molecular complexity index is 637. The number of halogens is 2. The first kappa shape index (κ1) is 26.6. The predicted molar refractivity (Wildman–Crippen MR) is 108 cm³/mol. The molecule has 2 rings (SSSR count). The van der Waals surface area contributed by atoms with Crippen molar-refractivity contribution in [3.05, 3.63) is 46.6 Å². The molecule has 0 radical (unpaired) electrons. The summed E-state index contributed by atoms with van der Waals surface area (Å²) in [6, 6.07) is 0. The SMILES string of the molecule is CC1=CC(C(C)(C)C)=C[CH]1[Zr+2]([CH]1C=C(C(C)(C)C)C=C1C)=[Si](C)C.[Cl-].[Cl-]. The Morgan fingerprint density at radius 3 is 1.23 bits per heavy atom. The standard InChI is InChI=1S/2C10H15.C2H6Si.2ClH.Zr/c2*1-8-5-6-9(7-8)10(2,3)4;1-3-2;;;/h2*5-7H,1-4H3;1-2H3;2*1H;/q;;;;;+2/p-2. The van der Waals surface area contributed by atoms with Gasteiger partial charge in [0.05, 0.1) is 0 Å². The molecule has 2 atom stereocenters. The molecule has 0 fully saturated rings. The van der Waals surface area contributed by atoms with Crippen molar-refractivity contribution in [3.8, 4) is 0 Å². The molecule has 0 amide bonds. The van der Waals surface area contributed by atoms with Gasteiger partial charge in [0.2, 0.25) is 0 Å². The first-order chi connectivity index (χ1) is 10.8. The Morgan fingerprint density at radius 1 is 0.731 bits per heavy atom. The second kappa shape index (κ2) is 9.43. The Kier molecular flexibility index (Phi) is 9.66. The summed E-state index contributed by atoms with van der Waals surface area (Å²) in [6.45, 7) is 24.1. The molecule has 4 heteroatoms. The summed E-state index contributed by atoms with van der Waals surface area (Å²) in [5.74, 6) is 0. The average molecular weight is 491 g/mol. The van der Waals surface area contributed by atoms with E-state index >= 15 is 0 Å². The topological polar surface area (TPSA) is 0 Å². The van der Waals surface area contributed by atoms with Crippen molar-refractivity contribution in [2.75, 3.05) is 0 Å². The van der Waals surface area contributed by atoms with E-state index in [1.54, 1.807) is 22.3 Å². The van der Waals surface area contributed by atoms with E-state index < -0.39 is 20.4 Å². The summed E-state index contributed by atoms with van der Waals surface area (Å²) in [4.78, 5) is 0. The van der Waals surface area contributed by atoms with Crippen LogP contribution in [0.2, 0.25) is 20.3 Å². The third-order valence-electron chi connectivity index (χ3n) is 5.42. The molecule has 0 aromatic heterocycles. The van der Waals surface area contributed by atoms with E-state index in [-0.39, 0.29) is 41.1 Å². The Labute approximate surface area is 182 Å². The van der Waals surface area contributed by atoms with Gasteiger partial charge in [-0.1, -0.05) is 0 Å². The summed E-state index contributed by atoms with van der Waals surface area (Å²) in [5.41, 5.74) is 6.82. The van der Waals surface area contributed by atoms with Gasteiger partial charge in [-0.15, -0.1) is 0 Å². The molecule has 2 aliphatic carbocycles. The predicted octanol–water partition coefficient (Wildman–Crippen LogP) is 1.31. The van der Waals surface area contributed by atoms with Crippen LogP contribution in [0, 0.1) is 10.8 Å². The molecule has 0 aromatic carbocycles. The quantitative estimate of drug-likeness (QED) is 0.512. The molecule has 0 N–H and O–H groups in total. The van der Waals surface area contributed by atoms with Gasteiger partial charge in [0.1, 0.15) is 0 Å². The van der Waals surface area contributed by atoms with Gasteiger partial charge in [-0.25, -0.2) is 0 Å². The second-order valence-corrected chi connectivity index (χ2v) is 28.0. The largest absolute Gasteiger partial charge is 1.00 e. The van der Waals surface area contributed by atoms with E-state index in [0.29, 0.717) is 0 Å². The maximum Gasteiger partial charge on any atom is -1.00 e. The van der Waals surface area contributed by atoms with Crippen LogP contribution in [0.15, 0.2) is 46.6 Å². The third-order valence-corrected chi connectivity index (χ3v) is 25.1. The van der Waals surface area contributed by atoms with E-state index in [9.17, 15) is 0 Å². The molecule has 0 bridgehead atoms. The molecule has 146 valence electrons. The van der Waals surface area contributed by atoms with Crippen molar-refractivity contribution >= 4 is 5.43 Å². The number of hydrogen-bond donors (Lipinski definition) is 0. The zero-order chi connectivity index (χ0) is 18.4. The van der Waals surface area contributed by atoms with Crippen molar-refractivity contribution in [3.63, 3.8) is 0 Å². The smallest absolute Gasteiger partial charge is 1.00 e. The fraction of sp³-hybridized carbons (Fsp3) is 0.636. The van der Waals surface area contributed by atoms with Crippen LogP contribution in [0.3, 0.4) is 0 Å². The van der Waals surface area contributed by atoms with Crippen LogP contribution >= 0.6 is 0 Å². The molecule has 2 aliphatic rings. The Morgan fingerprint density at radius 2 is 1.04 bits per heavy atom. The van der Waals surface area contributed by atoms with Gasteiger partial charge >= 0.3 is 159 Å². The second-order valence-electron chi connectivity index (χ2n) is 9.93. The summed E-state index contributed by atoms with van der Waals surface area (Å²) >= 11 is -1.64. The van der Waals surface area contributed by atoms with Crippen LogP contribution < -0.4 is 24.8 Å². The molecule has 0 aliphatic heterocycles. The van der Waals surface area contributed by atoms with Crippen LogP contribution in [-0.2, 0) is 20.4 Å². The molecule has 0 saturated heterocycles. The molecule has 26 heavy (non-hydrogen) atoms. The van der Waals surface area contributed by atoms with Gasteiger partial charge in [-0.3, -0.25) is 0 Å². The van der Waals surface area contributed by atoms with Gasteiger partial charge < -0.3 is 24.8 Å². The van der Waals surface area contributed by atoms with E-state index in [0.717, 1.165) is 7.25 Å². The van der Waals surface area contributed by atoms with Crippen LogP contribution in [0.25, 0.3) is 0 Å². The number of allylic oxidation sites excluding steroid dienone is 8. The Balaban J connectivity index is 0.00000312. The van der Waals surface area contributed by atoms with Crippen molar-refractivity contribution in [2.24, 2.45) is 10.8 Å². The molecular weight excluding hydrogens is 454 g/mol. The van der Waals surface area contributed by atoms with Gasteiger partial charge in [-0.05, 0) is 0 Å². The molecule has 0 nitrogen and oxygen atoms in total. The van der Waals surface area contributed by atoms with Gasteiger partial charge in [0.15, 0.2) is 0 Å².